The Labute approximate surface area is 232 Å². The summed E-state index contributed by atoms with van der Waals surface area (Å²) in [6, 6.07) is 25.1. The van der Waals surface area contributed by atoms with Crippen molar-refractivity contribution in [3.05, 3.63) is 110 Å². The fraction of sp³-hybridized carbons (Fsp3) is 0.103. The highest BCUT2D eigenvalue weighted by Crippen LogP contribution is 2.40. The van der Waals surface area contributed by atoms with Crippen LogP contribution in [0.5, 0.6) is 11.5 Å². The van der Waals surface area contributed by atoms with Crippen LogP contribution < -0.4 is 9.47 Å². The van der Waals surface area contributed by atoms with Crippen LogP contribution in [-0.4, -0.2) is 23.2 Å². The summed E-state index contributed by atoms with van der Waals surface area (Å²) in [5.74, 6) is 0.509. The highest BCUT2D eigenvalue weighted by Gasteiger charge is 2.35. The average Bonchev–Trinajstić information content (AvgIpc) is 3.16. The van der Waals surface area contributed by atoms with E-state index in [9.17, 15) is 9.59 Å². The highest BCUT2D eigenvalue weighted by molar-refractivity contribution is 9.10. The first-order valence-corrected chi connectivity index (χ1v) is 13.4. The predicted molar refractivity (Wildman–Crippen MR) is 152 cm³/mol. The minimum atomic E-state index is -0.343. The molecule has 0 spiro atoms. The molecule has 1 fully saturated rings. The molecule has 0 N–H and O–H groups in total. The molecule has 186 valence electrons. The predicted octanol–water partition coefficient (Wildman–Crippen LogP) is 8.08. The van der Waals surface area contributed by atoms with E-state index in [1.807, 2.05) is 48.5 Å². The Balaban J connectivity index is 1.36. The Morgan fingerprint density at radius 3 is 2.54 bits per heavy atom. The Hall–Kier alpha value is -3.26. The van der Waals surface area contributed by atoms with Gasteiger partial charge >= 0.3 is 0 Å². The Morgan fingerprint density at radius 2 is 1.76 bits per heavy atom. The number of halogens is 2. The number of hydrogen-bond donors (Lipinski definition) is 0. The molecule has 0 aromatic heterocycles. The van der Waals surface area contributed by atoms with Gasteiger partial charge in [-0.05, 0) is 69.6 Å². The molecule has 5 nitrogen and oxygen atoms in total. The minimum Gasteiger partial charge on any atom is -0.493 e. The molecule has 1 aliphatic heterocycles. The third-order valence-electron chi connectivity index (χ3n) is 5.93. The van der Waals surface area contributed by atoms with Gasteiger partial charge in [-0.15, -0.1) is 0 Å². The van der Waals surface area contributed by atoms with Crippen LogP contribution in [0.2, 0.25) is 5.02 Å². The van der Waals surface area contributed by atoms with Gasteiger partial charge in [0, 0.05) is 4.47 Å². The number of imide groups is 1. The molecule has 0 aliphatic carbocycles. The van der Waals surface area contributed by atoms with Crippen molar-refractivity contribution in [2.45, 2.75) is 13.2 Å². The largest absolute Gasteiger partial charge is 0.493 e. The number of rotatable bonds is 7. The highest BCUT2D eigenvalue weighted by atomic mass is 79.9. The lowest BCUT2D eigenvalue weighted by molar-refractivity contribution is -0.123. The second kappa shape index (κ2) is 11.0. The Morgan fingerprint density at radius 1 is 1.00 bits per heavy atom. The maximum atomic E-state index is 13.0. The van der Waals surface area contributed by atoms with E-state index in [1.54, 1.807) is 18.2 Å². The monoisotopic (exact) mass is 593 g/mol. The molecule has 5 rings (SSSR count). The molecule has 0 bridgehead atoms. The van der Waals surface area contributed by atoms with Gasteiger partial charge in [-0.25, -0.2) is 0 Å². The van der Waals surface area contributed by atoms with Crippen molar-refractivity contribution >= 4 is 67.3 Å². The molecular formula is C29H21BrClNO4S. The van der Waals surface area contributed by atoms with E-state index in [2.05, 4.69) is 34.1 Å². The summed E-state index contributed by atoms with van der Waals surface area (Å²) in [7, 11) is 1.53. The molecule has 0 saturated carbocycles. The van der Waals surface area contributed by atoms with E-state index in [4.69, 9.17) is 21.1 Å². The maximum absolute atomic E-state index is 13.0. The van der Waals surface area contributed by atoms with Gasteiger partial charge in [0.2, 0.25) is 0 Å². The van der Waals surface area contributed by atoms with Gasteiger partial charge in [-0.3, -0.25) is 14.5 Å². The van der Waals surface area contributed by atoms with Crippen molar-refractivity contribution in [1.82, 2.24) is 4.90 Å². The molecule has 4 aromatic carbocycles. The van der Waals surface area contributed by atoms with Crippen molar-refractivity contribution in [2.24, 2.45) is 0 Å². The number of amides is 2. The van der Waals surface area contributed by atoms with Crippen LogP contribution in [-0.2, 0) is 17.9 Å². The Kier molecular flexibility index (Phi) is 7.55. The molecule has 1 saturated heterocycles. The fourth-order valence-electron chi connectivity index (χ4n) is 4.09. The topological polar surface area (TPSA) is 55.8 Å². The molecule has 0 radical (unpaired) electrons. The van der Waals surface area contributed by atoms with E-state index in [0.717, 1.165) is 38.1 Å². The molecule has 0 atom stereocenters. The molecular weight excluding hydrogens is 574 g/mol. The van der Waals surface area contributed by atoms with E-state index in [0.29, 0.717) is 33.6 Å². The van der Waals surface area contributed by atoms with E-state index in [-0.39, 0.29) is 17.7 Å². The minimum absolute atomic E-state index is 0.209. The number of ether oxygens (including phenoxy) is 2. The smallest absolute Gasteiger partial charge is 0.293 e. The first kappa shape index (κ1) is 25.4. The molecule has 8 heteroatoms. The zero-order valence-electron chi connectivity index (χ0n) is 19.7. The van der Waals surface area contributed by atoms with Gasteiger partial charge in [-0.2, -0.15) is 0 Å². The summed E-state index contributed by atoms with van der Waals surface area (Å²) in [6.07, 6.45) is 1.65. The molecule has 0 unspecified atom stereocenters. The summed E-state index contributed by atoms with van der Waals surface area (Å²) >= 11 is 10.9. The number of benzene rings is 4. The van der Waals surface area contributed by atoms with Crippen molar-refractivity contribution in [2.75, 3.05) is 7.11 Å². The van der Waals surface area contributed by atoms with Gasteiger partial charge in [0.05, 0.1) is 23.6 Å². The second-order valence-corrected chi connectivity index (χ2v) is 10.7. The number of thioether (sulfide) groups is 1. The van der Waals surface area contributed by atoms with Crippen molar-refractivity contribution < 1.29 is 19.1 Å². The van der Waals surface area contributed by atoms with E-state index >= 15 is 0 Å². The first-order valence-electron chi connectivity index (χ1n) is 11.4. The van der Waals surface area contributed by atoms with Crippen molar-refractivity contribution in [3.63, 3.8) is 0 Å². The van der Waals surface area contributed by atoms with E-state index < -0.39 is 0 Å². The number of carbonyl (C=O) groups excluding carboxylic acids is 2. The number of nitrogens with zero attached hydrogens (tertiary/aromatic N) is 1. The van der Waals surface area contributed by atoms with E-state index in [1.165, 1.54) is 12.0 Å². The summed E-state index contributed by atoms with van der Waals surface area (Å²) in [5, 5.41) is 2.27. The van der Waals surface area contributed by atoms with Crippen LogP contribution in [0, 0.1) is 0 Å². The average molecular weight is 595 g/mol. The van der Waals surface area contributed by atoms with Crippen LogP contribution >= 0.6 is 39.3 Å². The Bertz CT molecular complexity index is 1530. The van der Waals surface area contributed by atoms with Crippen LogP contribution in [0.3, 0.4) is 0 Å². The third kappa shape index (κ3) is 5.54. The molecule has 1 aliphatic rings. The SMILES string of the molecule is COc1cc(/C=C2\SC(=O)N(Cc3ccc(Br)cc3)C2=O)cc(Cl)c1OCc1cccc2ccccc12. The second-order valence-electron chi connectivity index (χ2n) is 8.36. The summed E-state index contributed by atoms with van der Waals surface area (Å²) < 4.78 is 12.6. The van der Waals surface area contributed by atoms with Crippen molar-refractivity contribution in [3.8, 4) is 11.5 Å². The van der Waals surface area contributed by atoms with Crippen LogP contribution in [0.1, 0.15) is 16.7 Å². The number of fused-ring (bicyclic) bond motifs is 1. The van der Waals surface area contributed by atoms with Crippen LogP contribution in [0.25, 0.3) is 16.8 Å². The van der Waals surface area contributed by atoms with Crippen LogP contribution in [0.15, 0.2) is 88.2 Å². The van der Waals surface area contributed by atoms with Gasteiger partial charge < -0.3 is 9.47 Å². The zero-order chi connectivity index (χ0) is 25.9. The third-order valence-corrected chi connectivity index (χ3v) is 7.65. The standard InChI is InChI=1S/C29H21BrClNO4S/c1-35-25-14-19(15-26-28(33)32(29(34)37-26)16-18-9-11-22(30)12-10-18)13-24(31)27(25)36-17-21-7-4-6-20-5-2-3-8-23(20)21/h2-15H,16-17H2,1H3/b26-15-. The molecule has 2 amide bonds. The zero-order valence-corrected chi connectivity index (χ0v) is 22.9. The summed E-state index contributed by atoms with van der Waals surface area (Å²) in [5.41, 5.74) is 2.53. The lowest BCUT2D eigenvalue weighted by atomic mass is 10.1. The van der Waals surface area contributed by atoms with Gasteiger partial charge in [-0.1, -0.05) is 82.1 Å². The molecule has 1 heterocycles. The summed E-state index contributed by atoms with van der Waals surface area (Å²) in [4.78, 5) is 27.1. The van der Waals surface area contributed by atoms with Gasteiger partial charge in [0.1, 0.15) is 6.61 Å². The number of hydrogen-bond acceptors (Lipinski definition) is 5. The number of methoxy groups -OCH3 is 1. The quantitative estimate of drug-likeness (QED) is 0.203. The lowest BCUT2D eigenvalue weighted by Crippen LogP contribution is -2.27. The molecule has 37 heavy (non-hydrogen) atoms. The van der Waals surface area contributed by atoms with Crippen molar-refractivity contribution in [1.29, 1.82) is 0 Å². The van der Waals surface area contributed by atoms with Gasteiger partial charge in [0.25, 0.3) is 11.1 Å². The van der Waals surface area contributed by atoms with Crippen LogP contribution in [0.4, 0.5) is 4.79 Å². The lowest BCUT2D eigenvalue weighted by Gasteiger charge is -2.15. The molecule has 4 aromatic rings. The van der Waals surface area contributed by atoms with Gasteiger partial charge in [0.15, 0.2) is 11.5 Å². The number of carbonyl (C=O) groups is 2. The maximum Gasteiger partial charge on any atom is 0.293 e. The fourth-order valence-corrected chi connectivity index (χ4v) is 5.47. The summed E-state index contributed by atoms with van der Waals surface area (Å²) in [6.45, 7) is 0.520. The first-order chi connectivity index (χ1) is 17.9. The normalized spacial score (nSPS) is 14.6.